The van der Waals surface area contributed by atoms with E-state index < -0.39 is 17.7 Å². The van der Waals surface area contributed by atoms with Crippen LogP contribution in [0.3, 0.4) is 0 Å². The van der Waals surface area contributed by atoms with Crippen molar-refractivity contribution >= 4 is 22.5 Å². The number of aliphatic hydroxyl groups is 1. The van der Waals surface area contributed by atoms with Crippen LogP contribution >= 0.6 is 0 Å². The largest absolute Gasteiger partial charge is 0.507 e. The Morgan fingerprint density at radius 3 is 2.45 bits per heavy atom. The summed E-state index contributed by atoms with van der Waals surface area (Å²) in [5.74, 6) is -1.46. The number of hydrogen-bond acceptors (Lipinski definition) is 6. The van der Waals surface area contributed by atoms with E-state index in [-0.39, 0.29) is 33.8 Å². The molecule has 31 heavy (non-hydrogen) atoms. The standard InChI is InChI=1S/C25H16O6/c26-22-15-10-4-6-12-17(15)30-24(28)20(22)19(14-8-2-1-3-9-14)21-23(27)16-11-5-7-13-18(16)31-25(21)29/h1-13,17,26-27H/b20-19-. The summed E-state index contributed by atoms with van der Waals surface area (Å²) in [6, 6.07) is 15.1. The first-order chi connectivity index (χ1) is 15.1. The third kappa shape index (κ3) is 2.97. The molecule has 0 saturated carbocycles. The van der Waals surface area contributed by atoms with Gasteiger partial charge in [-0.2, -0.15) is 0 Å². The second kappa shape index (κ2) is 7.18. The number of aliphatic hydroxyl groups excluding tert-OH is 1. The molecule has 0 spiro atoms. The summed E-state index contributed by atoms with van der Waals surface area (Å²) in [7, 11) is 0. The molecular weight excluding hydrogens is 396 g/mol. The summed E-state index contributed by atoms with van der Waals surface area (Å²) in [6.45, 7) is 0. The van der Waals surface area contributed by atoms with E-state index in [0.717, 1.165) is 0 Å². The molecule has 1 atom stereocenters. The summed E-state index contributed by atoms with van der Waals surface area (Å²) in [5.41, 5.74) is -0.208. The highest BCUT2D eigenvalue weighted by Gasteiger charge is 2.36. The number of aromatic hydroxyl groups is 1. The van der Waals surface area contributed by atoms with Crippen LogP contribution in [-0.4, -0.2) is 22.3 Å². The van der Waals surface area contributed by atoms with E-state index in [2.05, 4.69) is 0 Å². The van der Waals surface area contributed by atoms with E-state index in [1.165, 1.54) is 0 Å². The van der Waals surface area contributed by atoms with Crippen molar-refractivity contribution in [1.29, 1.82) is 0 Å². The van der Waals surface area contributed by atoms with Gasteiger partial charge in [0.05, 0.1) is 5.39 Å². The molecule has 5 rings (SSSR count). The molecule has 1 aromatic heterocycles. The maximum atomic E-state index is 13.0. The van der Waals surface area contributed by atoms with Gasteiger partial charge in [0.2, 0.25) is 0 Å². The molecule has 0 saturated heterocycles. The van der Waals surface area contributed by atoms with Gasteiger partial charge in [0.15, 0.2) is 0 Å². The molecule has 2 aliphatic rings. The smallest absolute Gasteiger partial charge is 0.348 e. The highest BCUT2D eigenvalue weighted by atomic mass is 16.5. The van der Waals surface area contributed by atoms with Crippen molar-refractivity contribution in [2.45, 2.75) is 6.10 Å². The molecule has 0 bridgehead atoms. The lowest BCUT2D eigenvalue weighted by atomic mass is 9.88. The van der Waals surface area contributed by atoms with Crippen molar-refractivity contribution in [2.24, 2.45) is 0 Å². The SMILES string of the molecule is O=C1OC2C=CC=CC2=C(O)/C1=C(\c1ccccc1)c1c(O)c2ccccc2oc1=O. The van der Waals surface area contributed by atoms with Gasteiger partial charge < -0.3 is 19.4 Å². The van der Waals surface area contributed by atoms with Crippen molar-refractivity contribution in [3.05, 3.63) is 117 Å². The second-order valence-corrected chi connectivity index (χ2v) is 7.10. The highest BCUT2D eigenvalue weighted by Crippen LogP contribution is 2.40. The lowest BCUT2D eigenvalue weighted by Crippen LogP contribution is -2.29. The molecule has 1 aliphatic heterocycles. The van der Waals surface area contributed by atoms with Gasteiger partial charge in [-0.1, -0.05) is 60.7 Å². The molecule has 152 valence electrons. The number of allylic oxidation sites excluding steroid dienone is 2. The molecule has 6 heteroatoms. The number of ether oxygens (including phenoxy) is 1. The lowest BCUT2D eigenvalue weighted by molar-refractivity contribution is -0.141. The van der Waals surface area contributed by atoms with Crippen molar-refractivity contribution in [3.8, 4) is 5.75 Å². The van der Waals surface area contributed by atoms with Crippen LogP contribution in [0, 0.1) is 0 Å². The number of para-hydroxylation sites is 1. The van der Waals surface area contributed by atoms with Crippen LogP contribution in [0.2, 0.25) is 0 Å². The Balaban J connectivity index is 1.91. The second-order valence-electron chi connectivity index (χ2n) is 7.10. The first-order valence-corrected chi connectivity index (χ1v) is 9.60. The predicted molar refractivity (Wildman–Crippen MR) is 114 cm³/mol. The van der Waals surface area contributed by atoms with E-state index in [1.807, 2.05) is 0 Å². The molecule has 2 heterocycles. The van der Waals surface area contributed by atoms with Crippen molar-refractivity contribution < 1.29 is 24.2 Å². The van der Waals surface area contributed by atoms with Crippen LogP contribution in [0.15, 0.2) is 105 Å². The van der Waals surface area contributed by atoms with Gasteiger partial charge >= 0.3 is 11.6 Å². The Morgan fingerprint density at radius 1 is 0.903 bits per heavy atom. The van der Waals surface area contributed by atoms with Crippen LogP contribution in [0.25, 0.3) is 16.5 Å². The maximum absolute atomic E-state index is 13.0. The van der Waals surface area contributed by atoms with E-state index in [4.69, 9.17) is 9.15 Å². The zero-order valence-electron chi connectivity index (χ0n) is 16.1. The third-order valence-electron chi connectivity index (χ3n) is 5.28. The zero-order chi connectivity index (χ0) is 21.5. The number of fused-ring (bicyclic) bond motifs is 2. The minimum atomic E-state index is -0.839. The van der Waals surface area contributed by atoms with Gasteiger partial charge in [-0.3, -0.25) is 0 Å². The Hall–Kier alpha value is -4.32. The number of benzene rings is 2. The van der Waals surface area contributed by atoms with Crippen LogP contribution in [0.5, 0.6) is 5.75 Å². The highest BCUT2D eigenvalue weighted by molar-refractivity contribution is 6.08. The van der Waals surface area contributed by atoms with E-state index in [1.54, 1.807) is 78.9 Å². The predicted octanol–water partition coefficient (Wildman–Crippen LogP) is 4.16. The minimum absolute atomic E-state index is 0.0361. The summed E-state index contributed by atoms with van der Waals surface area (Å²) in [6.07, 6.45) is 5.98. The Kier molecular flexibility index (Phi) is 4.33. The quantitative estimate of drug-likeness (QED) is 0.373. The van der Waals surface area contributed by atoms with E-state index >= 15 is 0 Å². The lowest BCUT2D eigenvalue weighted by Gasteiger charge is -2.27. The van der Waals surface area contributed by atoms with Gasteiger partial charge in [0.25, 0.3) is 0 Å². The first-order valence-electron chi connectivity index (χ1n) is 9.60. The average molecular weight is 412 g/mol. The number of rotatable bonds is 2. The van der Waals surface area contributed by atoms with Gasteiger partial charge in [0, 0.05) is 11.1 Å². The van der Waals surface area contributed by atoms with Crippen molar-refractivity contribution in [1.82, 2.24) is 0 Å². The third-order valence-corrected chi connectivity index (χ3v) is 5.28. The molecule has 6 nitrogen and oxygen atoms in total. The van der Waals surface area contributed by atoms with E-state index in [9.17, 15) is 19.8 Å². The fourth-order valence-corrected chi connectivity index (χ4v) is 3.85. The number of esters is 1. The Morgan fingerprint density at radius 2 is 1.65 bits per heavy atom. The summed E-state index contributed by atoms with van der Waals surface area (Å²) >= 11 is 0. The molecule has 1 aliphatic carbocycles. The van der Waals surface area contributed by atoms with Crippen LogP contribution in [0.4, 0.5) is 0 Å². The van der Waals surface area contributed by atoms with Crippen LogP contribution in [0.1, 0.15) is 11.1 Å². The van der Waals surface area contributed by atoms with E-state index in [0.29, 0.717) is 16.5 Å². The fourth-order valence-electron chi connectivity index (χ4n) is 3.85. The van der Waals surface area contributed by atoms with Crippen LogP contribution < -0.4 is 5.63 Å². The first kappa shape index (κ1) is 18.7. The summed E-state index contributed by atoms with van der Waals surface area (Å²) in [4.78, 5) is 26.0. The van der Waals surface area contributed by atoms with Gasteiger partial charge in [-0.25, -0.2) is 9.59 Å². The summed E-state index contributed by atoms with van der Waals surface area (Å²) in [5, 5.41) is 22.4. The van der Waals surface area contributed by atoms with Gasteiger partial charge in [0.1, 0.15) is 34.3 Å². The number of hydrogen-bond donors (Lipinski definition) is 2. The Bertz CT molecular complexity index is 1400. The molecule has 2 aromatic carbocycles. The molecule has 2 N–H and O–H groups in total. The van der Waals surface area contributed by atoms with Gasteiger partial charge in [-0.05, 0) is 23.8 Å². The summed E-state index contributed by atoms with van der Waals surface area (Å²) < 4.78 is 10.9. The fraction of sp³-hybridized carbons (Fsp3) is 0.0400. The molecule has 0 fully saturated rings. The normalized spacial score (nSPS) is 19.4. The topological polar surface area (TPSA) is 97.0 Å². The molecule has 3 aromatic rings. The number of carbonyl (C=O) groups excluding carboxylic acids is 1. The Labute approximate surface area is 176 Å². The average Bonchev–Trinajstić information content (AvgIpc) is 2.78. The molecular formula is C25H16O6. The van der Waals surface area contributed by atoms with Crippen molar-refractivity contribution in [2.75, 3.05) is 0 Å². The monoisotopic (exact) mass is 412 g/mol. The zero-order valence-corrected chi connectivity index (χ0v) is 16.1. The van der Waals surface area contributed by atoms with Gasteiger partial charge in [-0.15, -0.1) is 0 Å². The maximum Gasteiger partial charge on any atom is 0.348 e. The molecule has 0 radical (unpaired) electrons. The minimum Gasteiger partial charge on any atom is -0.507 e. The molecule has 0 amide bonds. The molecule has 1 unspecified atom stereocenters. The number of carbonyl (C=O) groups is 1. The van der Waals surface area contributed by atoms with Crippen LogP contribution in [-0.2, 0) is 9.53 Å². The van der Waals surface area contributed by atoms with Crippen molar-refractivity contribution in [3.63, 3.8) is 0 Å².